The fraction of sp³-hybridized carbons (Fsp3) is 0.625. The molecule has 2 rings (SSSR count). The van der Waals surface area contributed by atoms with Gasteiger partial charge in [0.05, 0.1) is 0 Å². The van der Waals surface area contributed by atoms with Gasteiger partial charge in [-0.05, 0) is 39.5 Å². The third kappa shape index (κ3) is 4.20. The molecular weight excluding hydrogens is 250 g/mol. The molecule has 112 valence electrons. The van der Waals surface area contributed by atoms with Gasteiger partial charge in [-0.25, -0.2) is 0 Å². The van der Waals surface area contributed by atoms with Crippen molar-refractivity contribution in [2.24, 2.45) is 5.73 Å². The lowest BCUT2D eigenvalue weighted by molar-refractivity contribution is 0.119. The lowest BCUT2D eigenvalue weighted by Gasteiger charge is -2.35. The maximum atomic E-state index is 5.88. The molecule has 0 radical (unpaired) electrons. The molecule has 1 unspecified atom stereocenters. The van der Waals surface area contributed by atoms with Crippen LogP contribution in [0.1, 0.15) is 18.4 Å². The smallest absolute Gasteiger partial charge is 0.123 e. The van der Waals surface area contributed by atoms with Gasteiger partial charge >= 0.3 is 0 Å². The van der Waals surface area contributed by atoms with E-state index in [9.17, 15) is 0 Å². The van der Waals surface area contributed by atoms with Crippen molar-refractivity contribution in [2.45, 2.75) is 25.4 Å². The molecule has 1 saturated heterocycles. The van der Waals surface area contributed by atoms with Crippen LogP contribution in [0.15, 0.2) is 24.3 Å². The second-order valence-electron chi connectivity index (χ2n) is 5.70. The molecule has 1 aromatic rings. The van der Waals surface area contributed by atoms with Crippen molar-refractivity contribution in [2.75, 3.05) is 40.3 Å². The molecular formula is C16H27N3O. The van der Waals surface area contributed by atoms with Crippen molar-refractivity contribution in [3.05, 3.63) is 29.8 Å². The molecule has 4 nitrogen and oxygen atoms in total. The fourth-order valence-corrected chi connectivity index (χ4v) is 2.79. The van der Waals surface area contributed by atoms with Gasteiger partial charge in [-0.1, -0.05) is 18.2 Å². The van der Waals surface area contributed by atoms with Crippen LogP contribution in [-0.2, 0) is 6.54 Å². The van der Waals surface area contributed by atoms with Gasteiger partial charge < -0.3 is 15.4 Å². The molecule has 0 aliphatic carbocycles. The van der Waals surface area contributed by atoms with E-state index in [0.29, 0.717) is 19.2 Å². The van der Waals surface area contributed by atoms with Crippen LogP contribution in [0.2, 0.25) is 0 Å². The quantitative estimate of drug-likeness (QED) is 0.856. The molecule has 1 aromatic carbocycles. The van der Waals surface area contributed by atoms with Crippen LogP contribution in [0.3, 0.4) is 0 Å². The molecule has 4 heteroatoms. The number of likely N-dealkylation sites (N-methyl/N-ethyl adjacent to an activating group) is 2. The Morgan fingerprint density at radius 2 is 2.20 bits per heavy atom. The summed E-state index contributed by atoms with van der Waals surface area (Å²) in [5.41, 5.74) is 6.79. The SMILES string of the molecule is CN1CCCC(N(C)CCOc2ccccc2CN)C1. The second-order valence-corrected chi connectivity index (χ2v) is 5.70. The second kappa shape index (κ2) is 7.62. The minimum atomic E-state index is 0.527. The summed E-state index contributed by atoms with van der Waals surface area (Å²) in [4.78, 5) is 4.83. The van der Waals surface area contributed by atoms with Crippen LogP contribution in [-0.4, -0.2) is 56.2 Å². The van der Waals surface area contributed by atoms with E-state index in [0.717, 1.165) is 24.4 Å². The number of likely N-dealkylation sites (tertiary alicyclic amines) is 1. The van der Waals surface area contributed by atoms with Crippen LogP contribution in [0.4, 0.5) is 0 Å². The average molecular weight is 277 g/mol. The number of rotatable bonds is 6. The molecule has 0 aromatic heterocycles. The van der Waals surface area contributed by atoms with Gasteiger partial charge in [0.2, 0.25) is 0 Å². The average Bonchev–Trinajstić information content (AvgIpc) is 2.47. The van der Waals surface area contributed by atoms with Crippen LogP contribution in [0.25, 0.3) is 0 Å². The fourth-order valence-electron chi connectivity index (χ4n) is 2.79. The molecule has 1 fully saturated rings. The Morgan fingerprint density at radius 1 is 1.40 bits per heavy atom. The molecule has 20 heavy (non-hydrogen) atoms. The van der Waals surface area contributed by atoms with Crippen molar-refractivity contribution < 1.29 is 4.74 Å². The number of nitrogens with zero attached hydrogens (tertiary/aromatic N) is 2. The van der Waals surface area contributed by atoms with Crippen molar-refractivity contribution in [3.8, 4) is 5.75 Å². The summed E-state index contributed by atoms with van der Waals surface area (Å²) >= 11 is 0. The third-order valence-electron chi connectivity index (χ3n) is 4.12. The Morgan fingerprint density at radius 3 is 2.95 bits per heavy atom. The molecule has 1 heterocycles. The van der Waals surface area contributed by atoms with E-state index in [2.05, 4.69) is 23.9 Å². The van der Waals surface area contributed by atoms with Crippen LogP contribution in [0.5, 0.6) is 5.75 Å². The van der Waals surface area contributed by atoms with E-state index < -0.39 is 0 Å². The van der Waals surface area contributed by atoms with Crippen LogP contribution < -0.4 is 10.5 Å². The van der Waals surface area contributed by atoms with Gasteiger partial charge in [0.15, 0.2) is 0 Å². The molecule has 1 atom stereocenters. The minimum absolute atomic E-state index is 0.527. The lowest BCUT2D eigenvalue weighted by atomic mass is 10.1. The highest BCUT2D eigenvalue weighted by Gasteiger charge is 2.20. The number of hydrogen-bond donors (Lipinski definition) is 1. The van der Waals surface area contributed by atoms with Gasteiger partial charge in [0.25, 0.3) is 0 Å². The topological polar surface area (TPSA) is 41.7 Å². The van der Waals surface area contributed by atoms with Crippen molar-refractivity contribution in [3.63, 3.8) is 0 Å². The number of piperidine rings is 1. The minimum Gasteiger partial charge on any atom is -0.492 e. The largest absolute Gasteiger partial charge is 0.492 e. The highest BCUT2D eigenvalue weighted by Crippen LogP contribution is 2.17. The first-order chi connectivity index (χ1) is 9.70. The van der Waals surface area contributed by atoms with Crippen molar-refractivity contribution in [1.29, 1.82) is 0 Å². The summed E-state index contributed by atoms with van der Waals surface area (Å²) in [6.45, 7) is 4.59. The first kappa shape index (κ1) is 15.3. The number of benzene rings is 1. The molecule has 1 aliphatic heterocycles. The summed E-state index contributed by atoms with van der Waals surface area (Å²) in [5, 5.41) is 0. The zero-order valence-corrected chi connectivity index (χ0v) is 12.7. The Kier molecular flexibility index (Phi) is 5.83. The summed E-state index contributed by atoms with van der Waals surface area (Å²) in [5.74, 6) is 0.921. The molecule has 2 N–H and O–H groups in total. The summed E-state index contributed by atoms with van der Waals surface area (Å²) in [6, 6.07) is 8.67. The maximum Gasteiger partial charge on any atom is 0.123 e. The Balaban J connectivity index is 1.77. The van der Waals surface area contributed by atoms with Gasteiger partial charge in [-0.15, -0.1) is 0 Å². The van der Waals surface area contributed by atoms with Crippen molar-refractivity contribution >= 4 is 0 Å². The zero-order valence-electron chi connectivity index (χ0n) is 12.7. The predicted octanol–water partition coefficient (Wildman–Crippen LogP) is 1.55. The van der Waals surface area contributed by atoms with Gasteiger partial charge in [-0.3, -0.25) is 4.90 Å². The highest BCUT2D eigenvalue weighted by atomic mass is 16.5. The third-order valence-corrected chi connectivity index (χ3v) is 4.12. The molecule has 0 bridgehead atoms. The standard InChI is InChI=1S/C16H27N3O/c1-18-9-5-7-15(13-18)19(2)10-11-20-16-8-4-3-6-14(16)12-17/h3-4,6,8,15H,5,7,9-13,17H2,1-2H3. The van der Waals surface area contributed by atoms with Crippen LogP contribution in [0, 0.1) is 0 Å². The van der Waals surface area contributed by atoms with Gasteiger partial charge in [0, 0.05) is 31.2 Å². The van der Waals surface area contributed by atoms with Gasteiger partial charge in [0.1, 0.15) is 12.4 Å². The number of nitrogens with two attached hydrogens (primary N) is 1. The Hall–Kier alpha value is -1.10. The summed E-state index contributed by atoms with van der Waals surface area (Å²) in [7, 11) is 4.40. The summed E-state index contributed by atoms with van der Waals surface area (Å²) < 4.78 is 5.88. The number of ether oxygens (including phenoxy) is 1. The summed E-state index contributed by atoms with van der Waals surface area (Å²) in [6.07, 6.45) is 2.59. The van der Waals surface area contributed by atoms with E-state index in [1.54, 1.807) is 0 Å². The maximum absolute atomic E-state index is 5.88. The number of para-hydroxylation sites is 1. The predicted molar refractivity (Wildman–Crippen MR) is 83.0 cm³/mol. The molecule has 0 saturated carbocycles. The highest BCUT2D eigenvalue weighted by molar-refractivity contribution is 5.32. The molecule has 0 spiro atoms. The van der Waals surface area contributed by atoms with E-state index >= 15 is 0 Å². The van der Waals surface area contributed by atoms with Crippen molar-refractivity contribution in [1.82, 2.24) is 9.80 Å². The van der Waals surface area contributed by atoms with Gasteiger partial charge in [-0.2, -0.15) is 0 Å². The first-order valence-electron chi connectivity index (χ1n) is 7.50. The zero-order chi connectivity index (χ0) is 14.4. The monoisotopic (exact) mass is 277 g/mol. The first-order valence-corrected chi connectivity index (χ1v) is 7.50. The normalized spacial score (nSPS) is 20.3. The van der Waals surface area contributed by atoms with E-state index in [-0.39, 0.29) is 0 Å². The van der Waals surface area contributed by atoms with Crippen LogP contribution >= 0.6 is 0 Å². The Bertz CT molecular complexity index is 410. The molecule has 1 aliphatic rings. The lowest BCUT2D eigenvalue weighted by Crippen LogP contribution is -2.46. The Labute approximate surface area is 122 Å². The van der Waals surface area contributed by atoms with E-state index in [4.69, 9.17) is 10.5 Å². The van der Waals surface area contributed by atoms with E-state index in [1.165, 1.54) is 19.4 Å². The van der Waals surface area contributed by atoms with E-state index in [1.807, 2.05) is 24.3 Å². The number of hydrogen-bond acceptors (Lipinski definition) is 4. The molecule has 0 amide bonds.